The molecule has 13 rings (SSSR count). The van der Waals surface area contributed by atoms with Gasteiger partial charge in [-0.2, -0.15) is 15.0 Å². The highest BCUT2D eigenvalue weighted by molar-refractivity contribution is 6.03. The molecule has 134 heavy (non-hydrogen) atoms. The van der Waals surface area contributed by atoms with E-state index >= 15 is 0 Å². The molecule has 3 atom stereocenters. The van der Waals surface area contributed by atoms with Gasteiger partial charge in [0.25, 0.3) is 0 Å². The van der Waals surface area contributed by atoms with Crippen molar-refractivity contribution in [3.63, 3.8) is 0 Å². The van der Waals surface area contributed by atoms with Crippen LogP contribution in [0.1, 0.15) is 171 Å². The van der Waals surface area contributed by atoms with Gasteiger partial charge in [-0.25, -0.2) is 15.0 Å². The number of carbonyl (C=O) groups is 9. The molecule has 3 aromatic carbocycles. The Morgan fingerprint density at radius 2 is 0.791 bits per heavy atom. The zero-order valence-corrected chi connectivity index (χ0v) is 79.2. The van der Waals surface area contributed by atoms with Crippen LogP contribution in [-0.2, 0) is 82.4 Å². The second kappa shape index (κ2) is 50.2. The SMILES string of the molecule is CCCCCNc1nc(N)nc2ccn(Cc3cc(CN4CCN(C(=O)CCN5C(=O)CC(C)C5=O)CC4)ccc3OC)c12.CCCCCNc1nc(N)nc2ccn(Cc3cc(CN4CCN(C(=O)CCNC(=O)C(C)CC(=O)O)CC4)ccc3OC)c12.CCCCCNc1nc(N)nc2ccn(Cc3cc(CN4CCN(C(=O)CCNC(=O)CC(C)C(=O)O)CC4)ccc3OC)c12. The van der Waals surface area contributed by atoms with Crippen molar-refractivity contribution in [2.75, 3.05) is 172 Å². The lowest BCUT2D eigenvalue weighted by Gasteiger charge is -2.35. The van der Waals surface area contributed by atoms with Gasteiger partial charge in [0.15, 0.2) is 17.5 Å². The van der Waals surface area contributed by atoms with Crippen molar-refractivity contribution >= 4 is 122 Å². The molecular formula is C96H136N24O14. The highest BCUT2D eigenvalue weighted by atomic mass is 16.5. The van der Waals surface area contributed by atoms with Crippen molar-refractivity contribution in [2.45, 2.75) is 177 Å². The first-order chi connectivity index (χ1) is 64.6. The van der Waals surface area contributed by atoms with Crippen molar-refractivity contribution < 1.29 is 67.6 Å². The second-order valence-electron chi connectivity index (χ2n) is 35.0. The van der Waals surface area contributed by atoms with Crippen LogP contribution in [0.15, 0.2) is 91.4 Å². The number of anilines is 6. The summed E-state index contributed by atoms with van der Waals surface area (Å²) < 4.78 is 23.5. The molecule has 10 heterocycles. The minimum Gasteiger partial charge on any atom is -0.496 e. The molecule has 38 heteroatoms. The summed E-state index contributed by atoms with van der Waals surface area (Å²) in [5.41, 5.74) is 29.7. The number of aromatic nitrogens is 9. The van der Waals surface area contributed by atoms with E-state index in [1.807, 2.05) is 69.7 Å². The molecule has 13 N–H and O–H groups in total. The van der Waals surface area contributed by atoms with Crippen molar-refractivity contribution in [3.8, 4) is 17.2 Å². The fourth-order valence-corrected chi connectivity index (χ4v) is 17.2. The van der Waals surface area contributed by atoms with Gasteiger partial charge in [0.05, 0.1) is 69.9 Å². The average Bonchev–Trinajstić information content (AvgIpc) is 1.64. The number of hydrogen-bond donors (Lipinski definition) is 10. The molecule has 4 fully saturated rings. The molecule has 0 radical (unpaired) electrons. The Hall–Kier alpha value is -13.0. The van der Waals surface area contributed by atoms with Crippen molar-refractivity contribution in [1.29, 1.82) is 0 Å². The number of nitrogens with zero attached hydrogens (tertiary/aromatic N) is 16. The number of carbonyl (C=O) groups excluding carboxylic acids is 7. The number of piperazine rings is 3. The highest BCUT2D eigenvalue weighted by Gasteiger charge is 2.37. The van der Waals surface area contributed by atoms with Crippen LogP contribution in [-0.4, -0.2) is 281 Å². The van der Waals surface area contributed by atoms with Crippen LogP contribution in [0.2, 0.25) is 0 Å². The molecule has 38 nitrogen and oxygen atoms in total. The van der Waals surface area contributed by atoms with E-state index in [0.717, 1.165) is 238 Å². The maximum atomic E-state index is 12.8. The largest absolute Gasteiger partial charge is 0.496 e. The lowest BCUT2D eigenvalue weighted by molar-refractivity contribution is -0.143. The molecule has 4 aliphatic heterocycles. The summed E-state index contributed by atoms with van der Waals surface area (Å²) in [5.74, 6) is 0.538. The Morgan fingerprint density at radius 3 is 1.11 bits per heavy atom. The first kappa shape index (κ1) is 102. The van der Waals surface area contributed by atoms with Gasteiger partial charge < -0.3 is 96.6 Å². The van der Waals surface area contributed by atoms with E-state index in [4.69, 9.17) is 41.6 Å². The molecular weight excluding hydrogens is 1710 g/mol. The molecule has 9 aromatic rings. The van der Waals surface area contributed by atoms with Crippen LogP contribution >= 0.6 is 0 Å². The summed E-state index contributed by atoms with van der Waals surface area (Å²) in [6.07, 6.45) is 16.5. The Kier molecular flexibility index (Phi) is 38.1. The second-order valence-corrected chi connectivity index (χ2v) is 35.0. The van der Waals surface area contributed by atoms with E-state index in [-0.39, 0.29) is 123 Å². The monoisotopic (exact) mass is 1850 g/mol. The predicted molar refractivity (Wildman–Crippen MR) is 515 cm³/mol. The van der Waals surface area contributed by atoms with Gasteiger partial charge in [0, 0.05) is 217 Å². The summed E-state index contributed by atoms with van der Waals surface area (Å²) in [5, 5.41) is 33.5. The van der Waals surface area contributed by atoms with Crippen LogP contribution in [0.25, 0.3) is 33.1 Å². The number of aliphatic carboxylic acids is 2. The van der Waals surface area contributed by atoms with Gasteiger partial charge in [-0.15, -0.1) is 0 Å². The first-order valence-corrected chi connectivity index (χ1v) is 47.0. The van der Waals surface area contributed by atoms with E-state index in [1.54, 1.807) is 35.2 Å². The van der Waals surface area contributed by atoms with Crippen LogP contribution < -0.4 is 58.0 Å². The van der Waals surface area contributed by atoms with Gasteiger partial charge >= 0.3 is 11.9 Å². The Labute approximate surface area is 783 Å². The highest BCUT2D eigenvalue weighted by Crippen LogP contribution is 2.33. The first-order valence-electron chi connectivity index (χ1n) is 47.0. The maximum Gasteiger partial charge on any atom is 0.306 e. The molecule has 4 saturated heterocycles. The number of nitrogens with two attached hydrogens (primary N) is 3. The summed E-state index contributed by atoms with van der Waals surface area (Å²) in [6.45, 7) is 26.5. The number of nitrogen functional groups attached to an aromatic ring is 3. The Bertz CT molecular complexity index is 5480. The third-order valence-electron chi connectivity index (χ3n) is 24.7. The minimum absolute atomic E-state index is 0.0135. The third kappa shape index (κ3) is 28.8. The molecule has 7 amide bonds. The number of carboxylic acids is 2. The lowest BCUT2D eigenvalue weighted by atomic mass is 10.1. The number of amides is 7. The molecule has 0 bridgehead atoms. The Morgan fingerprint density at radius 1 is 0.440 bits per heavy atom. The van der Waals surface area contributed by atoms with E-state index < -0.39 is 23.8 Å². The number of imide groups is 1. The number of hydrogen-bond acceptors (Lipinski definition) is 27. The smallest absolute Gasteiger partial charge is 0.306 e. The molecule has 0 spiro atoms. The number of carboxylic acid groups (broad SMARTS) is 2. The Balaban J connectivity index is 0.000000193. The lowest BCUT2D eigenvalue weighted by Crippen LogP contribution is -2.49. The fourth-order valence-electron chi connectivity index (χ4n) is 17.2. The summed E-state index contributed by atoms with van der Waals surface area (Å²) in [7, 11) is 5.04. The van der Waals surface area contributed by atoms with Crippen LogP contribution in [0.3, 0.4) is 0 Å². The van der Waals surface area contributed by atoms with Gasteiger partial charge in [-0.3, -0.25) is 62.8 Å². The normalized spacial score (nSPS) is 15.4. The number of nitrogens with one attached hydrogen (secondary N) is 5. The van der Waals surface area contributed by atoms with Crippen molar-refractivity contribution in [3.05, 3.63) is 125 Å². The van der Waals surface area contributed by atoms with E-state index in [2.05, 4.69) is 142 Å². The topological polar surface area (TPSA) is 475 Å². The minimum atomic E-state index is -1.02. The van der Waals surface area contributed by atoms with Crippen LogP contribution in [0, 0.1) is 17.8 Å². The molecule has 6 aromatic heterocycles. The van der Waals surface area contributed by atoms with Gasteiger partial charge in [0.2, 0.25) is 59.2 Å². The van der Waals surface area contributed by atoms with Crippen molar-refractivity contribution in [2.24, 2.45) is 17.8 Å². The summed E-state index contributed by atoms with van der Waals surface area (Å²) in [4.78, 5) is 149. The van der Waals surface area contributed by atoms with E-state index in [1.165, 1.54) is 11.8 Å². The standard InChI is InChI=1S/2C32H46N8O5.C32H44N8O4/c1-4-5-6-11-35-30-29-25(36-32(33)37-30)10-13-40(29)21-24-19-23(7-8-26(24)45-3)20-38-14-16-39(17-15-38)28(42)9-12-34-27(41)18-22(2)31(43)44;1-4-5-6-11-34-30-29-25(36-32(33)37-30)10-13-40(29)21-24-19-23(7-8-26(24)45-3)20-38-14-16-39(17-15-38)27(41)9-12-35-31(44)22(2)18-28(42)43;1-4-5-6-11-34-30-29-25(35-32(33)36-30)9-12-39(29)21-24-19-23(7-8-26(24)44-3)20-37-14-16-38(17-15-37)27(41)10-13-40-28(42)18-22(2)31(40)43/h7-8,10,13,19,22H,4-6,9,11-12,14-18,20-21H2,1-3H3,(H,34,41)(H,43,44)(H3,33,35,36,37);7-8,10,13,19,22H,4-6,9,11-12,14-18,20-21H2,1-3H3,(H,35,44)(H,42,43)(H3,33,34,36,37);7-9,12,19,22H,4-6,10-11,13-18,20-21H2,1-3H3,(H3,33,34,35,36). The number of unbranched alkanes of at least 4 members (excludes halogenated alkanes) is 6. The number of methoxy groups -OCH3 is 3. The fraction of sp³-hybridized carbons (Fsp3) is 0.531. The van der Waals surface area contributed by atoms with E-state index in [9.17, 15) is 43.2 Å². The number of ether oxygens (including phenoxy) is 3. The van der Waals surface area contributed by atoms with Gasteiger partial charge in [-0.1, -0.05) is 98.3 Å². The molecule has 724 valence electrons. The van der Waals surface area contributed by atoms with Gasteiger partial charge in [-0.05, 0) is 90.6 Å². The van der Waals surface area contributed by atoms with Gasteiger partial charge in [0.1, 0.15) is 33.8 Å². The summed E-state index contributed by atoms with van der Waals surface area (Å²) >= 11 is 0. The van der Waals surface area contributed by atoms with Crippen LogP contribution in [0.4, 0.5) is 35.3 Å². The maximum absolute atomic E-state index is 12.8. The predicted octanol–water partition coefficient (Wildman–Crippen LogP) is 8.97. The molecule has 3 unspecified atom stereocenters. The third-order valence-corrected chi connectivity index (χ3v) is 24.7. The molecule has 0 aliphatic carbocycles. The quantitative estimate of drug-likeness (QED) is 0.0126. The number of rotatable bonds is 45. The van der Waals surface area contributed by atoms with Crippen LogP contribution in [0.5, 0.6) is 17.2 Å². The zero-order chi connectivity index (χ0) is 95.9. The molecule has 0 saturated carbocycles. The van der Waals surface area contributed by atoms with E-state index in [0.29, 0.717) is 58.9 Å². The summed E-state index contributed by atoms with van der Waals surface area (Å²) in [6, 6.07) is 24.6. The number of benzene rings is 3. The average molecular weight is 1850 g/mol. The number of fused-ring (bicyclic) bond motifs is 3. The molecule has 4 aliphatic rings. The zero-order valence-electron chi connectivity index (χ0n) is 79.2. The number of likely N-dealkylation sites (tertiary alicyclic amines) is 1. The van der Waals surface area contributed by atoms with Crippen molar-refractivity contribution in [1.82, 2.24) is 88.5 Å².